The van der Waals surface area contributed by atoms with Crippen molar-refractivity contribution in [1.82, 2.24) is 5.32 Å². The molecule has 0 saturated carbocycles. The molecular weight excluding hydrogens is 142 g/mol. The lowest BCUT2D eigenvalue weighted by Gasteiger charge is -2.11. The van der Waals surface area contributed by atoms with Crippen LogP contribution in [0.1, 0.15) is 20.8 Å². The van der Waals surface area contributed by atoms with Crippen LogP contribution < -0.4 is 5.32 Å². The number of carbonyl (C=O) groups is 1. The molecule has 0 bridgehead atoms. The number of Topliss-reactive ketones (excluding diaryl/α,β-unsaturated/α-hetero) is 1. The third-order valence-electron chi connectivity index (χ3n) is 1.60. The minimum Gasteiger partial charge on any atom is -0.386 e. The van der Waals surface area contributed by atoms with Gasteiger partial charge in [-0.05, 0) is 13.5 Å². The monoisotopic (exact) mass is 159 g/mol. The van der Waals surface area contributed by atoms with Crippen molar-refractivity contribution in [2.75, 3.05) is 13.1 Å². The second-order valence-electron chi connectivity index (χ2n) is 2.79. The average molecular weight is 159 g/mol. The molecule has 2 N–H and O–H groups in total. The minimum absolute atomic E-state index is 0.0880. The molecule has 0 heterocycles. The Hall–Kier alpha value is -0.410. The minimum atomic E-state index is -0.830. The van der Waals surface area contributed by atoms with E-state index in [-0.39, 0.29) is 11.7 Å². The molecule has 0 aliphatic rings. The van der Waals surface area contributed by atoms with Gasteiger partial charge in [0, 0.05) is 12.5 Å². The van der Waals surface area contributed by atoms with E-state index < -0.39 is 6.10 Å². The molecule has 2 unspecified atom stereocenters. The Labute approximate surface area is 67.8 Å². The van der Waals surface area contributed by atoms with E-state index in [0.717, 1.165) is 6.54 Å². The van der Waals surface area contributed by atoms with Crippen molar-refractivity contribution in [3.63, 3.8) is 0 Å². The Balaban J connectivity index is 3.64. The first-order chi connectivity index (χ1) is 5.09. The number of rotatable bonds is 5. The molecule has 66 valence electrons. The van der Waals surface area contributed by atoms with Gasteiger partial charge in [-0.2, -0.15) is 0 Å². The SMILES string of the molecule is CCNCC(C)C(=O)C(C)O. The van der Waals surface area contributed by atoms with Crippen LogP contribution in [0, 0.1) is 5.92 Å². The number of ketones is 1. The van der Waals surface area contributed by atoms with E-state index in [0.29, 0.717) is 6.54 Å². The van der Waals surface area contributed by atoms with E-state index in [1.165, 1.54) is 6.92 Å². The molecule has 0 rings (SSSR count). The van der Waals surface area contributed by atoms with Gasteiger partial charge in [0.1, 0.15) is 6.10 Å². The standard InChI is InChI=1S/C8H17NO2/c1-4-9-5-6(2)8(11)7(3)10/h6-7,9-10H,4-5H2,1-3H3. The predicted molar refractivity (Wildman–Crippen MR) is 44.4 cm³/mol. The van der Waals surface area contributed by atoms with Crippen LogP contribution in [0.25, 0.3) is 0 Å². The van der Waals surface area contributed by atoms with Gasteiger partial charge in [-0.25, -0.2) is 0 Å². The highest BCUT2D eigenvalue weighted by Gasteiger charge is 2.16. The van der Waals surface area contributed by atoms with Crippen LogP contribution in [0.15, 0.2) is 0 Å². The van der Waals surface area contributed by atoms with Crippen LogP contribution in [0.3, 0.4) is 0 Å². The van der Waals surface area contributed by atoms with Crippen molar-refractivity contribution >= 4 is 5.78 Å². The average Bonchev–Trinajstić information content (AvgIpc) is 1.98. The molecule has 0 aromatic rings. The second kappa shape index (κ2) is 5.27. The van der Waals surface area contributed by atoms with Crippen molar-refractivity contribution in [1.29, 1.82) is 0 Å². The maximum Gasteiger partial charge on any atom is 0.165 e. The Morgan fingerprint density at radius 3 is 2.45 bits per heavy atom. The van der Waals surface area contributed by atoms with Gasteiger partial charge in [0.25, 0.3) is 0 Å². The fourth-order valence-electron chi connectivity index (χ4n) is 0.873. The highest BCUT2D eigenvalue weighted by Crippen LogP contribution is 1.98. The first-order valence-electron chi connectivity index (χ1n) is 4.02. The van der Waals surface area contributed by atoms with Crippen LogP contribution in [-0.2, 0) is 4.79 Å². The van der Waals surface area contributed by atoms with Crippen molar-refractivity contribution in [2.24, 2.45) is 5.92 Å². The summed E-state index contributed by atoms with van der Waals surface area (Å²) in [6.07, 6.45) is -0.830. The summed E-state index contributed by atoms with van der Waals surface area (Å²) in [7, 11) is 0. The van der Waals surface area contributed by atoms with E-state index in [1.807, 2.05) is 13.8 Å². The fourth-order valence-corrected chi connectivity index (χ4v) is 0.873. The lowest BCUT2D eigenvalue weighted by Crippen LogP contribution is -2.31. The fraction of sp³-hybridized carbons (Fsp3) is 0.875. The molecule has 0 radical (unpaired) electrons. The van der Waals surface area contributed by atoms with E-state index in [1.54, 1.807) is 0 Å². The zero-order valence-electron chi connectivity index (χ0n) is 7.42. The third kappa shape index (κ3) is 4.11. The normalized spacial score (nSPS) is 16.0. The number of carbonyl (C=O) groups excluding carboxylic acids is 1. The summed E-state index contributed by atoms with van der Waals surface area (Å²) in [5.74, 6) is -0.180. The summed E-state index contributed by atoms with van der Waals surface area (Å²) in [4.78, 5) is 11.1. The summed E-state index contributed by atoms with van der Waals surface area (Å²) in [6, 6.07) is 0. The molecular formula is C8H17NO2. The molecule has 3 heteroatoms. The van der Waals surface area contributed by atoms with Gasteiger partial charge in [-0.15, -0.1) is 0 Å². The first kappa shape index (κ1) is 10.6. The molecule has 0 spiro atoms. The number of hydrogen-bond donors (Lipinski definition) is 2. The second-order valence-corrected chi connectivity index (χ2v) is 2.79. The van der Waals surface area contributed by atoms with Crippen LogP contribution in [0.5, 0.6) is 0 Å². The molecule has 0 aromatic carbocycles. The van der Waals surface area contributed by atoms with Gasteiger partial charge in [-0.3, -0.25) is 4.79 Å². The summed E-state index contributed by atoms with van der Waals surface area (Å²) < 4.78 is 0. The number of aliphatic hydroxyl groups excluding tert-OH is 1. The van der Waals surface area contributed by atoms with Crippen molar-refractivity contribution in [2.45, 2.75) is 26.9 Å². The third-order valence-corrected chi connectivity index (χ3v) is 1.60. The summed E-state index contributed by atoms with van der Waals surface area (Å²) in [6.45, 7) is 6.82. The van der Waals surface area contributed by atoms with Crippen molar-refractivity contribution in [3.8, 4) is 0 Å². The van der Waals surface area contributed by atoms with E-state index in [9.17, 15) is 4.79 Å². The van der Waals surface area contributed by atoms with Gasteiger partial charge >= 0.3 is 0 Å². The van der Waals surface area contributed by atoms with E-state index in [2.05, 4.69) is 5.32 Å². The summed E-state index contributed by atoms with van der Waals surface area (Å²) in [5, 5.41) is 12.0. The van der Waals surface area contributed by atoms with Crippen molar-refractivity contribution < 1.29 is 9.90 Å². The Kier molecular flexibility index (Phi) is 5.07. The van der Waals surface area contributed by atoms with Crippen LogP contribution in [0.2, 0.25) is 0 Å². The highest BCUT2D eigenvalue weighted by atomic mass is 16.3. The van der Waals surface area contributed by atoms with Gasteiger partial charge in [-0.1, -0.05) is 13.8 Å². The molecule has 3 nitrogen and oxygen atoms in total. The Morgan fingerprint density at radius 1 is 1.55 bits per heavy atom. The molecule has 0 aliphatic heterocycles. The molecule has 0 fully saturated rings. The quantitative estimate of drug-likeness (QED) is 0.601. The molecule has 11 heavy (non-hydrogen) atoms. The molecule has 0 saturated heterocycles. The van der Waals surface area contributed by atoms with E-state index in [4.69, 9.17) is 5.11 Å². The van der Waals surface area contributed by atoms with Gasteiger partial charge in [0.05, 0.1) is 0 Å². The predicted octanol–water partition coefficient (Wildman–Crippen LogP) is 0.182. The molecule has 0 aromatic heterocycles. The summed E-state index contributed by atoms with van der Waals surface area (Å²) in [5.41, 5.74) is 0. The van der Waals surface area contributed by atoms with Crippen LogP contribution in [-0.4, -0.2) is 30.1 Å². The van der Waals surface area contributed by atoms with Gasteiger partial charge in [0.2, 0.25) is 0 Å². The largest absolute Gasteiger partial charge is 0.386 e. The Morgan fingerprint density at radius 2 is 2.09 bits per heavy atom. The van der Waals surface area contributed by atoms with Crippen molar-refractivity contribution in [3.05, 3.63) is 0 Å². The maximum absolute atomic E-state index is 11.1. The number of nitrogens with one attached hydrogen (secondary N) is 1. The molecule has 0 aliphatic carbocycles. The zero-order chi connectivity index (χ0) is 8.85. The highest BCUT2D eigenvalue weighted by molar-refractivity contribution is 5.84. The van der Waals surface area contributed by atoms with Gasteiger partial charge < -0.3 is 10.4 Å². The topological polar surface area (TPSA) is 49.3 Å². The summed E-state index contributed by atoms with van der Waals surface area (Å²) >= 11 is 0. The Bertz CT molecular complexity index is 123. The number of hydrogen-bond acceptors (Lipinski definition) is 3. The lowest BCUT2D eigenvalue weighted by molar-refractivity contribution is -0.129. The zero-order valence-corrected chi connectivity index (χ0v) is 7.42. The smallest absolute Gasteiger partial charge is 0.165 e. The van der Waals surface area contributed by atoms with E-state index >= 15 is 0 Å². The lowest BCUT2D eigenvalue weighted by atomic mass is 10.0. The molecule has 2 atom stereocenters. The van der Waals surface area contributed by atoms with Gasteiger partial charge in [0.15, 0.2) is 5.78 Å². The number of aliphatic hydroxyl groups is 1. The molecule has 0 amide bonds. The maximum atomic E-state index is 11.1. The van der Waals surface area contributed by atoms with Crippen LogP contribution in [0.4, 0.5) is 0 Å². The first-order valence-corrected chi connectivity index (χ1v) is 4.02. The van der Waals surface area contributed by atoms with Crippen LogP contribution >= 0.6 is 0 Å².